The molecule has 0 radical (unpaired) electrons. The molecule has 0 bridgehead atoms. The van der Waals surface area contributed by atoms with Crippen LogP contribution in [0, 0.1) is 18.3 Å². The van der Waals surface area contributed by atoms with Crippen molar-refractivity contribution in [2.24, 2.45) is 0 Å². The Labute approximate surface area is 194 Å². The molecular weight excluding hydrogens is 447 g/mol. The fourth-order valence-corrected chi connectivity index (χ4v) is 3.65. The highest BCUT2D eigenvalue weighted by Crippen LogP contribution is 2.35. The zero-order chi connectivity index (χ0) is 22.7. The average Bonchev–Trinajstić information content (AvgIpc) is 3.23. The van der Waals surface area contributed by atoms with Gasteiger partial charge < -0.3 is 4.98 Å². The van der Waals surface area contributed by atoms with Crippen LogP contribution >= 0.6 is 23.2 Å². The highest BCUT2D eigenvalue weighted by Gasteiger charge is 2.18. The van der Waals surface area contributed by atoms with Crippen molar-refractivity contribution in [1.82, 2.24) is 24.9 Å². The Morgan fingerprint density at radius 3 is 2.66 bits per heavy atom. The van der Waals surface area contributed by atoms with E-state index < -0.39 is 0 Å². The Morgan fingerprint density at radius 1 is 1.12 bits per heavy atom. The summed E-state index contributed by atoms with van der Waals surface area (Å²) in [4.78, 5) is 21.1. The number of nitrogens with zero attached hydrogens (tertiary/aromatic N) is 6. The number of aromatic amines is 1. The van der Waals surface area contributed by atoms with Crippen LogP contribution < -0.4 is 10.4 Å². The van der Waals surface area contributed by atoms with Gasteiger partial charge in [-0.3, -0.25) is 10.4 Å². The molecule has 0 atom stereocenters. The number of nitrogens with one attached hydrogen (secondary N) is 2. The number of halogens is 2. The summed E-state index contributed by atoms with van der Waals surface area (Å²) < 4.78 is 0. The molecule has 3 aromatic heterocycles. The molecular formula is C22H18Cl2N8. The maximum Gasteiger partial charge on any atom is 0.242 e. The van der Waals surface area contributed by atoms with E-state index in [2.05, 4.69) is 31.4 Å². The number of H-pyrrole nitrogens is 1. The van der Waals surface area contributed by atoms with Gasteiger partial charge in [0.25, 0.3) is 0 Å². The highest BCUT2D eigenvalue weighted by atomic mass is 35.5. The van der Waals surface area contributed by atoms with Crippen molar-refractivity contribution in [2.45, 2.75) is 13.8 Å². The third-order valence-electron chi connectivity index (χ3n) is 4.65. The largest absolute Gasteiger partial charge is 0.342 e. The van der Waals surface area contributed by atoms with Crippen LogP contribution in [-0.4, -0.2) is 31.5 Å². The predicted molar refractivity (Wildman–Crippen MR) is 125 cm³/mol. The number of hydrazine groups is 1. The second-order valence-electron chi connectivity index (χ2n) is 6.84. The van der Waals surface area contributed by atoms with Crippen LogP contribution in [-0.2, 0) is 0 Å². The summed E-state index contributed by atoms with van der Waals surface area (Å²) in [6.07, 6.45) is 5.03. The predicted octanol–water partition coefficient (Wildman–Crippen LogP) is 5.27. The fraction of sp³-hybridized carbons (Fsp3) is 0.136. The molecule has 8 nitrogen and oxygen atoms in total. The number of rotatable bonds is 6. The van der Waals surface area contributed by atoms with E-state index in [0.29, 0.717) is 56.6 Å². The monoisotopic (exact) mass is 464 g/mol. The second-order valence-corrected chi connectivity index (χ2v) is 7.68. The Morgan fingerprint density at radius 2 is 1.97 bits per heavy atom. The molecule has 0 aliphatic heterocycles. The van der Waals surface area contributed by atoms with E-state index in [9.17, 15) is 5.26 Å². The molecule has 0 aliphatic rings. The molecule has 0 aliphatic carbocycles. The van der Waals surface area contributed by atoms with Crippen molar-refractivity contribution >= 4 is 35.0 Å². The van der Waals surface area contributed by atoms with Crippen LogP contribution in [0.3, 0.4) is 0 Å². The van der Waals surface area contributed by atoms with Crippen LogP contribution in [0.5, 0.6) is 0 Å². The normalized spacial score (nSPS) is 10.6. The Hall–Kier alpha value is -3.67. The number of imidazole rings is 1. The first-order valence-corrected chi connectivity index (χ1v) is 10.5. The minimum Gasteiger partial charge on any atom is -0.342 e. The summed E-state index contributed by atoms with van der Waals surface area (Å²) in [5.41, 5.74) is 6.44. The van der Waals surface area contributed by atoms with Crippen molar-refractivity contribution in [3.63, 3.8) is 0 Å². The third-order valence-corrected chi connectivity index (χ3v) is 5.19. The smallest absolute Gasteiger partial charge is 0.242 e. The van der Waals surface area contributed by atoms with Crippen molar-refractivity contribution in [2.75, 3.05) is 17.0 Å². The van der Waals surface area contributed by atoms with Crippen molar-refractivity contribution in [3.8, 4) is 28.7 Å². The number of anilines is 2. The molecule has 0 saturated heterocycles. The summed E-state index contributed by atoms with van der Waals surface area (Å²) in [7, 11) is 0. The average molecular weight is 465 g/mol. The molecule has 0 spiro atoms. The lowest BCUT2D eigenvalue weighted by atomic mass is 10.1. The molecule has 0 saturated carbocycles. The Kier molecular flexibility index (Phi) is 6.21. The van der Waals surface area contributed by atoms with Crippen LogP contribution in [0.1, 0.15) is 18.2 Å². The lowest BCUT2D eigenvalue weighted by Gasteiger charge is -2.23. The Bertz CT molecular complexity index is 1310. The minimum atomic E-state index is 0.314. The summed E-state index contributed by atoms with van der Waals surface area (Å²) in [5, 5.41) is 12.1. The Balaban J connectivity index is 1.80. The quantitative estimate of drug-likeness (QED) is 0.374. The maximum atomic E-state index is 9.43. The van der Waals surface area contributed by atoms with Crippen LogP contribution in [0.15, 0.2) is 48.9 Å². The van der Waals surface area contributed by atoms with Crippen LogP contribution in [0.25, 0.3) is 22.6 Å². The zero-order valence-corrected chi connectivity index (χ0v) is 18.8. The molecule has 2 N–H and O–H groups in total. The summed E-state index contributed by atoms with van der Waals surface area (Å²) in [6, 6.07) is 10.8. The highest BCUT2D eigenvalue weighted by molar-refractivity contribution is 6.36. The van der Waals surface area contributed by atoms with Gasteiger partial charge in [-0.1, -0.05) is 23.2 Å². The van der Waals surface area contributed by atoms with Crippen LogP contribution in [0.4, 0.5) is 11.8 Å². The molecule has 10 heteroatoms. The van der Waals surface area contributed by atoms with Gasteiger partial charge in [-0.15, -0.1) is 0 Å². The first kappa shape index (κ1) is 21.6. The molecule has 4 rings (SSSR count). The van der Waals surface area contributed by atoms with Crippen molar-refractivity contribution in [3.05, 3.63) is 70.2 Å². The lowest BCUT2D eigenvalue weighted by Crippen LogP contribution is -2.32. The number of nitriles is 1. The molecule has 3 heterocycles. The summed E-state index contributed by atoms with van der Waals surface area (Å²) in [5.74, 6) is 1.42. The van der Waals surface area contributed by atoms with Gasteiger partial charge in [0.15, 0.2) is 5.82 Å². The molecule has 32 heavy (non-hydrogen) atoms. The van der Waals surface area contributed by atoms with E-state index in [1.165, 1.54) is 0 Å². The van der Waals surface area contributed by atoms with E-state index >= 15 is 0 Å². The first-order chi connectivity index (χ1) is 15.5. The maximum absolute atomic E-state index is 9.43. The standard InChI is InChI=1S/C22H18Cl2N8/c1-3-32(21-14(10-25)5-4-8-26-21)31-22-28-12-17(20-27-11-13(2)29-20)19(30-22)16-7-6-15(23)9-18(16)24/h4-9,11-12H,3H2,1-2H3,(H,27,29)(H,28,30,31). The first-order valence-electron chi connectivity index (χ1n) is 9.74. The van der Waals surface area contributed by atoms with Gasteiger partial charge in [0, 0.05) is 41.4 Å². The second kappa shape index (κ2) is 9.22. The van der Waals surface area contributed by atoms with Crippen molar-refractivity contribution in [1.29, 1.82) is 5.26 Å². The van der Waals surface area contributed by atoms with E-state index in [1.54, 1.807) is 53.9 Å². The van der Waals surface area contributed by atoms with Gasteiger partial charge in [0.2, 0.25) is 5.95 Å². The van der Waals surface area contributed by atoms with Gasteiger partial charge in [0.1, 0.15) is 11.9 Å². The van der Waals surface area contributed by atoms with E-state index in [4.69, 9.17) is 28.2 Å². The molecule has 1 aromatic carbocycles. The van der Waals surface area contributed by atoms with Gasteiger partial charge in [-0.25, -0.2) is 19.9 Å². The van der Waals surface area contributed by atoms with Crippen molar-refractivity contribution < 1.29 is 0 Å². The lowest BCUT2D eigenvalue weighted by molar-refractivity contribution is 0.896. The van der Waals surface area contributed by atoms with Gasteiger partial charge in [0.05, 0.1) is 21.8 Å². The minimum absolute atomic E-state index is 0.314. The number of benzene rings is 1. The number of pyridine rings is 1. The fourth-order valence-electron chi connectivity index (χ4n) is 3.15. The summed E-state index contributed by atoms with van der Waals surface area (Å²) >= 11 is 12.6. The topological polar surface area (TPSA) is 106 Å². The van der Waals surface area contributed by atoms with Gasteiger partial charge in [-0.2, -0.15) is 5.26 Å². The van der Waals surface area contributed by atoms with E-state index in [0.717, 1.165) is 5.69 Å². The SMILES string of the molecule is CCN(Nc1ncc(-c2ncc(C)[nH]2)c(-c2ccc(Cl)cc2Cl)n1)c1ncccc1C#N. The number of hydrogen-bond acceptors (Lipinski definition) is 7. The molecule has 0 unspecified atom stereocenters. The molecule has 160 valence electrons. The zero-order valence-electron chi connectivity index (χ0n) is 17.3. The van der Waals surface area contributed by atoms with E-state index in [1.807, 2.05) is 13.8 Å². The number of aryl methyl sites for hydroxylation is 1. The molecule has 0 fully saturated rings. The van der Waals surface area contributed by atoms with Gasteiger partial charge >= 0.3 is 0 Å². The van der Waals surface area contributed by atoms with E-state index in [-0.39, 0.29) is 0 Å². The third kappa shape index (κ3) is 4.35. The molecule has 0 amide bonds. The number of aromatic nitrogens is 5. The summed E-state index contributed by atoms with van der Waals surface area (Å²) in [6.45, 7) is 4.37. The van der Waals surface area contributed by atoms with Gasteiger partial charge in [-0.05, 0) is 44.2 Å². The van der Waals surface area contributed by atoms with Crippen LogP contribution in [0.2, 0.25) is 10.0 Å². The molecule has 4 aromatic rings. The number of hydrogen-bond donors (Lipinski definition) is 2.